The molecule has 1 aliphatic heterocycles. The van der Waals surface area contributed by atoms with E-state index in [1.165, 1.54) is 4.90 Å². The largest absolute Gasteiger partial charge is 0.481 e. The van der Waals surface area contributed by atoms with E-state index in [1.54, 1.807) is 27.0 Å². The van der Waals surface area contributed by atoms with E-state index in [9.17, 15) is 9.59 Å². The molecule has 96 valence electrons. The van der Waals surface area contributed by atoms with Crippen LogP contribution >= 0.6 is 0 Å². The zero-order valence-electron chi connectivity index (χ0n) is 10.7. The summed E-state index contributed by atoms with van der Waals surface area (Å²) in [5.74, 6) is -1.50. The molecule has 0 aliphatic carbocycles. The van der Waals surface area contributed by atoms with Gasteiger partial charge in [0.25, 0.3) is 0 Å². The van der Waals surface area contributed by atoms with Gasteiger partial charge in [-0.1, -0.05) is 6.92 Å². The third kappa shape index (κ3) is 3.47. The number of nitrogens with zero attached hydrogens (tertiary/aromatic N) is 1. The van der Waals surface area contributed by atoms with Gasteiger partial charge < -0.3 is 9.84 Å². The van der Waals surface area contributed by atoms with Crippen LogP contribution in [0.1, 0.15) is 34.1 Å². The second kappa shape index (κ2) is 4.77. The number of carboxylic acid groups (broad SMARTS) is 1. The molecule has 1 unspecified atom stereocenters. The molecule has 1 amide bonds. The lowest BCUT2D eigenvalue weighted by atomic mass is 10.0. The third-order valence-electron chi connectivity index (χ3n) is 2.48. The van der Waals surface area contributed by atoms with Crippen molar-refractivity contribution in [2.75, 3.05) is 6.54 Å². The van der Waals surface area contributed by atoms with Gasteiger partial charge in [0.15, 0.2) is 0 Å². The highest BCUT2D eigenvalue weighted by molar-refractivity contribution is 5.78. The van der Waals surface area contributed by atoms with Crippen LogP contribution < -0.4 is 0 Å². The van der Waals surface area contributed by atoms with Gasteiger partial charge in [0.05, 0.1) is 5.92 Å². The van der Waals surface area contributed by atoms with E-state index < -0.39 is 23.6 Å². The van der Waals surface area contributed by atoms with Crippen molar-refractivity contribution in [1.29, 1.82) is 0 Å². The summed E-state index contributed by atoms with van der Waals surface area (Å²) in [7, 11) is 0. The molecule has 0 saturated heterocycles. The number of rotatable bonds is 2. The average molecular weight is 241 g/mol. The van der Waals surface area contributed by atoms with Crippen LogP contribution in [-0.4, -0.2) is 34.2 Å². The Morgan fingerprint density at radius 2 is 2.12 bits per heavy atom. The average Bonchev–Trinajstić information content (AvgIpc) is 2.58. The summed E-state index contributed by atoms with van der Waals surface area (Å²) in [6.45, 7) is 7.37. The van der Waals surface area contributed by atoms with Gasteiger partial charge in [-0.25, -0.2) is 4.79 Å². The van der Waals surface area contributed by atoms with Crippen molar-refractivity contribution in [2.45, 2.75) is 39.7 Å². The Labute approximate surface area is 101 Å². The summed E-state index contributed by atoms with van der Waals surface area (Å²) >= 11 is 0. The predicted molar refractivity (Wildman–Crippen MR) is 62.4 cm³/mol. The third-order valence-corrected chi connectivity index (χ3v) is 2.48. The van der Waals surface area contributed by atoms with E-state index >= 15 is 0 Å². The molecule has 1 atom stereocenters. The first-order valence-corrected chi connectivity index (χ1v) is 5.67. The summed E-state index contributed by atoms with van der Waals surface area (Å²) in [6, 6.07) is 0. The van der Waals surface area contributed by atoms with Crippen molar-refractivity contribution in [2.24, 2.45) is 5.92 Å². The van der Waals surface area contributed by atoms with E-state index in [1.807, 2.05) is 6.92 Å². The monoisotopic (exact) mass is 241 g/mol. The molecule has 1 aliphatic rings. The van der Waals surface area contributed by atoms with Gasteiger partial charge in [-0.3, -0.25) is 9.69 Å². The van der Waals surface area contributed by atoms with E-state index in [0.717, 1.165) is 5.57 Å². The van der Waals surface area contributed by atoms with Crippen LogP contribution in [0.4, 0.5) is 4.79 Å². The smallest absolute Gasteiger partial charge is 0.414 e. The van der Waals surface area contributed by atoms with Crippen molar-refractivity contribution >= 4 is 12.1 Å². The van der Waals surface area contributed by atoms with Crippen LogP contribution in [0.5, 0.6) is 0 Å². The number of carbonyl (C=O) groups is 2. The fourth-order valence-electron chi connectivity index (χ4n) is 1.68. The van der Waals surface area contributed by atoms with Crippen LogP contribution in [0, 0.1) is 5.92 Å². The highest BCUT2D eigenvalue weighted by Gasteiger charge is 2.33. The Morgan fingerprint density at radius 3 is 2.47 bits per heavy atom. The lowest BCUT2D eigenvalue weighted by Gasteiger charge is -2.23. The van der Waals surface area contributed by atoms with Crippen molar-refractivity contribution in [1.82, 2.24) is 4.90 Å². The molecule has 0 saturated carbocycles. The Kier molecular flexibility index (Phi) is 3.80. The highest BCUT2D eigenvalue weighted by atomic mass is 16.6. The van der Waals surface area contributed by atoms with Gasteiger partial charge in [0, 0.05) is 12.7 Å². The topological polar surface area (TPSA) is 66.8 Å². The van der Waals surface area contributed by atoms with E-state index in [0.29, 0.717) is 6.42 Å². The Hall–Kier alpha value is -1.52. The first-order valence-electron chi connectivity index (χ1n) is 5.67. The summed E-state index contributed by atoms with van der Waals surface area (Å²) in [5.41, 5.74) is 0.182. The molecule has 0 aromatic carbocycles. The van der Waals surface area contributed by atoms with Crippen LogP contribution in [0.3, 0.4) is 0 Å². The SMILES string of the molecule is CCC1=CN(C(=O)OC(C)(C)C)CC1C(=O)O. The van der Waals surface area contributed by atoms with Crippen LogP contribution in [0.25, 0.3) is 0 Å². The van der Waals surface area contributed by atoms with E-state index in [-0.39, 0.29) is 6.54 Å². The lowest BCUT2D eigenvalue weighted by molar-refractivity contribution is -0.140. The van der Waals surface area contributed by atoms with Crippen molar-refractivity contribution < 1.29 is 19.4 Å². The standard InChI is InChI=1S/C12H19NO4/c1-5-8-6-13(7-9(8)10(14)15)11(16)17-12(2,3)4/h6,9H,5,7H2,1-4H3,(H,14,15). The number of ether oxygens (including phenoxy) is 1. The zero-order valence-corrected chi connectivity index (χ0v) is 10.7. The minimum atomic E-state index is -0.899. The molecular weight excluding hydrogens is 222 g/mol. The van der Waals surface area contributed by atoms with Crippen LogP contribution in [0.2, 0.25) is 0 Å². The molecule has 0 bridgehead atoms. The predicted octanol–water partition coefficient (Wildman–Crippen LogP) is 2.23. The number of hydrogen-bond donors (Lipinski definition) is 1. The van der Waals surface area contributed by atoms with Gasteiger partial charge >= 0.3 is 12.1 Å². The van der Waals surface area contributed by atoms with Crippen LogP contribution in [-0.2, 0) is 9.53 Å². The molecule has 1 heterocycles. The molecule has 0 aromatic heterocycles. The summed E-state index contributed by atoms with van der Waals surface area (Å²) < 4.78 is 5.19. The van der Waals surface area contributed by atoms with Gasteiger partial charge in [-0.2, -0.15) is 0 Å². The normalized spacial score (nSPS) is 20.1. The van der Waals surface area contributed by atoms with Gasteiger partial charge in [0.1, 0.15) is 5.60 Å². The van der Waals surface area contributed by atoms with Crippen molar-refractivity contribution in [3.05, 3.63) is 11.8 Å². The summed E-state index contributed by atoms with van der Waals surface area (Å²) in [6.07, 6.45) is 1.72. The zero-order chi connectivity index (χ0) is 13.2. The number of carbonyl (C=O) groups excluding carboxylic acids is 1. The first-order chi connectivity index (χ1) is 7.74. The molecule has 1 rings (SSSR count). The van der Waals surface area contributed by atoms with Crippen molar-refractivity contribution in [3.8, 4) is 0 Å². The molecule has 5 nitrogen and oxygen atoms in total. The molecule has 5 heteroatoms. The number of aliphatic carboxylic acids is 1. The van der Waals surface area contributed by atoms with Gasteiger partial charge in [0.2, 0.25) is 0 Å². The molecule has 1 N–H and O–H groups in total. The molecule has 0 spiro atoms. The Morgan fingerprint density at radius 1 is 1.53 bits per heavy atom. The fourth-order valence-corrected chi connectivity index (χ4v) is 1.68. The molecule has 0 aromatic rings. The minimum absolute atomic E-state index is 0.160. The van der Waals surface area contributed by atoms with Gasteiger partial charge in [-0.15, -0.1) is 0 Å². The minimum Gasteiger partial charge on any atom is -0.481 e. The second-order valence-electron chi connectivity index (χ2n) is 5.08. The lowest BCUT2D eigenvalue weighted by Crippen LogP contribution is -2.34. The number of amides is 1. The second-order valence-corrected chi connectivity index (χ2v) is 5.08. The summed E-state index contributed by atoms with van der Waals surface area (Å²) in [5, 5.41) is 9.03. The maximum absolute atomic E-state index is 11.8. The van der Waals surface area contributed by atoms with Gasteiger partial charge in [-0.05, 0) is 32.8 Å². The summed E-state index contributed by atoms with van der Waals surface area (Å²) in [4.78, 5) is 24.1. The fraction of sp³-hybridized carbons (Fsp3) is 0.667. The van der Waals surface area contributed by atoms with E-state index in [4.69, 9.17) is 9.84 Å². The quantitative estimate of drug-likeness (QED) is 0.805. The first kappa shape index (κ1) is 13.5. The Balaban J connectivity index is 2.73. The van der Waals surface area contributed by atoms with E-state index in [2.05, 4.69) is 0 Å². The molecular formula is C12H19NO4. The van der Waals surface area contributed by atoms with Crippen LogP contribution in [0.15, 0.2) is 11.8 Å². The number of carboxylic acids is 1. The van der Waals surface area contributed by atoms with Crippen molar-refractivity contribution in [3.63, 3.8) is 0 Å². The molecule has 0 radical (unpaired) electrons. The maximum atomic E-state index is 11.8. The maximum Gasteiger partial charge on any atom is 0.414 e. The molecule has 17 heavy (non-hydrogen) atoms. The number of hydrogen-bond acceptors (Lipinski definition) is 3. The molecule has 0 fully saturated rings. The Bertz CT molecular complexity index is 354. The highest BCUT2D eigenvalue weighted by Crippen LogP contribution is 2.25.